The van der Waals surface area contributed by atoms with Gasteiger partial charge in [0.25, 0.3) is 0 Å². The molecule has 2 amide bonds. The number of hydrogen-bond donors (Lipinski definition) is 3. The Hall–Kier alpha value is -1.59. The molecule has 6 nitrogen and oxygen atoms in total. The van der Waals surface area contributed by atoms with Gasteiger partial charge in [-0.05, 0) is 38.5 Å². The molecular weight excluding hydrogens is 248 g/mol. The average Bonchev–Trinajstić information content (AvgIpc) is 3.20. The first kappa shape index (κ1) is 13.8. The minimum absolute atomic E-state index is 0.00484. The monoisotopic (exact) mass is 268 g/mol. The predicted octanol–water partition coefficient (Wildman–Crippen LogP) is 0.272. The molecule has 2 fully saturated rings. The lowest BCUT2D eigenvalue weighted by Crippen LogP contribution is -2.47. The molecule has 2 rings (SSSR count). The van der Waals surface area contributed by atoms with Crippen LogP contribution >= 0.6 is 0 Å². The summed E-state index contributed by atoms with van der Waals surface area (Å²) in [7, 11) is 1.54. The lowest BCUT2D eigenvalue weighted by molar-refractivity contribution is -0.142. The van der Waals surface area contributed by atoms with E-state index in [0.29, 0.717) is 38.5 Å². The van der Waals surface area contributed by atoms with Crippen molar-refractivity contribution in [1.29, 1.82) is 0 Å². The van der Waals surface area contributed by atoms with E-state index in [2.05, 4.69) is 10.6 Å². The van der Waals surface area contributed by atoms with Crippen molar-refractivity contribution in [2.45, 2.75) is 44.6 Å². The standard InChI is InChI=1S/C13H20N2O4/c1-14-11(18)13(6-7-13)12(19)15-9-4-2-8(3-5-9)10(16)17/h8-9H,2-7H2,1H3,(H,14,18)(H,15,19)(H,16,17). The third-order valence-electron chi connectivity index (χ3n) is 4.26. The molecule has 19 heavy (non-hydrogen) atoms. The smallest absolute Gasteiger partial charge is 0.306 e. The molecule has 0 saturated heterocycles. The largest absolute Gasteiger partial charge is 0.481 e. The van der Waals surface area contributed by atoms with E-state index in [-0.39, 0.29) is 23.8 Å². The van der Waals surface area contributed by atoms with Crippen molar-refractivity contribution >= 4 is 17.8 Å². The molecule has 0 unspecified atom stereocenters. The summed E-state index contributed by atoms with van der Waals surface area (Å²) in [6.45, 7) is 0. The molecule has 0 aliphatic heterocycles. The zero-order valence-electron chi connectivity index (χ0n) is 11.1. The second-order valence-corrected chi connectivity index (χ2v) is 5.52. The number of amides is 2. The molecular formula is C13H20N2O4. The van der Waals surface area contributed by atoms with Crippen molar-refractivity contribution in [1.82, 2.24) is 10.6 Å². The molecule has 0 bridgehead atoms. The highest BCUT2D eigenvalue weighted by Crippen LogP contribution is 2.46. The molecule has 2 aliphatic rings. The van der Waals surface area contributed by atoms with Crippen LogP contribution in [0.4, 0.5) is 0 Å². The summed E-state index contributed by atoms with van der Waals surface area (Å²) >= 11 is 0. The van der Waals surface area contributed by atoms with Crippen LogP contribution in [0.1, 0.15) is 38.5 Å². The third kappa shape index (κ3) is 2.72. The number of aliphatic carboxylic acids is 1. The van der Waals surface area contributed by atoms with Gasteiger partial charge in [-0.2, -0.15) is 0 Å². The summed E-state index contributed by atoms with van der Waals surface area (Å²) in [5.41, 5.74) is -0.863. The molecule has 106 valence electrons. The minimum Gasteiger partial charge on any atom is -0.481 e. The van der Waals surface area contributed by atoms with Crippen LogP contribution in [0.3, 0.4) is 0 Å². The van der Waals surface area contributed by atoms with Crippen LogP contribution in [0.25, 0.3) is 0 Å². The van der Waals surface area contributed by atoms with Crippen LogP contribution in [0.15, 0.2) is 0 Å². The van der Waals surface area contributed by atoms with Gasteiger partial charge < -0.3 is 15.7 Å². The van der Waals surface area contributed by atoms with Gasteiger partial charge in [0.2, 0.25) is 11.8 Å². The van der Waals surface area contributed by atoms with Crippen molar-refractivity contribution in [3.05, 3.63) is 0 Å². The summed E-state index contributed by atoms with van der Waals surface area (Å²) in [5, 5.41) is 14.3. The zero-order chi connectivity index (χ0) is 14.0. The van der Waals surface area contributed by atoms with Crippen molar-refractivity contribution in [2.75, 3.05) is 7.05 Å². The van der Waals surface area contributed by atoms with E-state index in [0.717, 1.165) is 0 Å². The third-order valence-corrected chi connectivity index (χ3v) is 4.26. The van der Waals surface area contributed by atoms with Crippen LogP contribution in [0.2, 0.25) is 0 Å². The van der Waals surface area contributed by atoms with E-state index in [1.807, 2.05) is 0 Å². The maximum atomic E-state index is 12.1. The number of carbonyl (C=O) groups excluding carboxylic acids is 2. The van der Waals surface area contributed by atoms with Gasteiger partial charge >= 0.3 is 5.97 Å². The summed E-state index contributed by atoms with van der Waals surface area (Å²) in [4.78, 5) is 34.6. The Morgan fingerprint density at radius 2 is 1.63 bits per heavy atom. The molecule has 2 saturated carbocycles. The maximum Gasteiger partial charge on any atom is 0.306 e. The van der Waals surface area contributed by atoms with Crippen LogP contribution in [-0.2, 0) is 14.4 Å². The fourth-order valence-electron chi connectivity index (χ4n) is 2.73. The van der Waals surface area contributed by atoms with Crippen molar-refractivity contribution < 1.29 is 19.5 Å². The molecule has 0 aromatic rings. The first-order valence-electron chi connectivity index (χ1n) is 6.75. The van der Waals surface area contributed by atoms with Gasteiger partial charge in [-0.1, -0.05) is 0 Å². The number of rotatable bonds is 4. The predicted molar refractivity (Wildman–Crippen MR) is 67.3 cm³/mol. The van der Waals surface area contributed by atoms with Crippen molar-refractivity contribution in [2.24, 2.45) is 11.3 Å². The molecule has 0 spiro atoms. The minimum atomic E-state index is -0.863. The lowest BCUT2D eigenvalue weighted by Gasteiger charge is -2.28. The number of carboxylic acids is 1. The SMILES string of the molecule is CNC(=O)C1(C(=O)NC2CCC(C(=O)O)CC2)CC1. The molecule has 0 heterocycles. The van der Waals surface area contributed by atoms with Gasteiger partial charge in [0.15, 0.2) is 0 Å². The summed E-state index contributed by atoms with van der Waals surface area (Å²) in [6.07, 6.45) is 3.73. The summed E-state index contributed by atoms with van der Waals surface area (Å²) in [6, 6.07) is 0.00484. The first-order chi connectivity index (χ1) is 8.99. The number of hydrogen-bond acceptors (Lipinski definition) is 3. The van der Waals surface area contributed by atoms with Crippen LogP contribution < -0.4 is 10.6 Å². The van der Waals surface area contributed by atoms with Gasteiger partial charge in [-0.25, -0.2) is 0 Å². The van der Waals surface area contributed by atoms with E-state index in [1.165, 1.54) is 7.05 Å². The Bertz CT molecular complexity index is 395. The van der Waals surface area contributed by atoms with Gasteiger partial charge in [-0.15, -0.1) is 0 Å². The highest BCUT2D eigenvalue weighted by Gasteiger charge is 2.56. The Morgan fingerprint density at radius 3 is 2.05 bits per heavy atom. The van der Waals surface area contributed by atoms with Gasteiger partial charge in [0.1, 0.15) is 5.41 Å². The van der Waals surface area contributed by atoms with E-state index in [4.69, 9.17) is 5.11 Å². The second-order valence-electron chi connectivity index (χ2n) is 5.52. The van der Waals surface area contributed by atoms with Crippen LogP contribution in [-0.4, -0.2) is 36.0 Å². The Balaban J connectivity index is 1.85. The lowest BCUT2D eigenvalue weighted by atomic mass is 9.86. The van der Waals surface area contributed by atoms with E-state index in [9.17, 15) is 14.4 Å². The highest BCUT2D eigenvalue weighted by molar-refractivity contribution is 6.07. The fourth-order valence-corrected chi connectivity index (χ4v) is 2.73. The normalized spacial score (nSPS) is 28.3. The van der Waals surface area contributed by atoms with E-state index >= 15 is 0 Å². The number of nitrogens with one attached hydrogen (secondary N) is 2. The van der Waals surface area contributed by atoms with Gasteiger partial charge in [0.05, 0.1) is 5.92 Å². The van der Waals surface area contributed by atoms with Crippen molar-refractivity contribution in [3.63, 3.8) is 0 Å². The topological polar surface area (TPSA) is 95.5 Å². The van der Waals surface area contributed by atoms with E-state index in [1.54, 1.807) is 0 Å². The average molecular weight is 268 g/mol. The second kappa shape index (κ2) is 5.19. The van der Waals surface area contributed by atoms with Gasteiger partial charge in [0, 0.05) is 13.1 Å². The molecule has 6 heteroatoms. The molecule has 0 aromatic carbocycles. The molecule has 3 N–H and O–H groups in total. The van der Waals surface area contributed by atoms with Gasteiger partial charge in [-0.3, -0.25) is 14.4 Å². The quantitative estimate of drug-likeness (QED) is 0.638. The number of carboxylic acid groups (broad SMARTS) is 1. The van der Waals surface area contributed by atoms with E-state index < -0.39 is 11.4 Å². The Labute approximate surface area is 111 Å². The summed E-state index contributed by atoms with van der Waals surface area (Å²) in [5.74, 6) is -1.47. The Kier molecular flexibility index (Phi) is 3.78. The zero-order valence-corrected chi connectivity index (χ0v) is 11.1. The fraction of sp³-hybridized carbons (Fsp3) is 0.769. The number of carbonyl (C=O) groups is 3. The first-order valence-corrected chi connectivity index (χ1v) is 6.75. The molecule has 0 aromatic heterocycles. The van der Waals surface area contributed by atoms with Crippen molar-refractivity contribution in [3.8, 4) is 0 Å². The maximum absolute atomic E-state index is 12.1. The molecule has 0 atom stereocenters. The molecule has 2 aliphatic carbocycles. The Morgan fingerprint density at radius 1 is 1.05 bits per heavy atom. The van der Waals surface area contributed by atoms with Crippen LogP contribution in [0.5, 0.6) is 0 Å². The highest BCUT2D eigenvalue weighted by atomic mass is 16.4. The summed E-state index contributed by atoms with van der Waals surface area (Å²) < 4.78 is 0. The van der Waals surface area contributed by atoms with Crippen LogP contribution in [0, 0.1) is 11.3 Å². The molecule has 0 radical (unpaired) electrons.